The summed E-state index contributed by atoms with van der Waals surface area (Å²) < 4.78 is 16.9. The number of amides is 1. The highest BCUT2D eigenvalue weighted by Gasteiger charge is 2.19. The number of ether oxygens (including phenoxy) is 2. The number of carbonyl (C=O) groups excluding carboxylic acids is 1. The van der Waals surface area contributed by atoms with Gasteiger partial charge >= 0.3 is 0 Å². The van der Waals surface area contributed by atoms with Gasteiger partial charge in [0.05, 0.1) is 18.8 Å². The topological polar surface area (TPSA) is 60.7 Å². The van der Waals surface area contributed by atoms with Gasteiger partial charge < -0.3 is 19.2 Å². The molecule has 1 fully saturated rings. The van der Waals surface area contributed by atoms with Crippen molar-refractivity contribution < 1.29 is 18.7 Å². The van der Waals surface area contributed by atoms with Gasteiger partial charge in [-0.05, 0) is 75.1 Å². The normalized spacial score (nSPS) is 14.4. The molecule has 0 bridgehead atoms. The van der Waals surface area contributed by atoms with E-state index in [1.807, 2.05) is 42.5 Å². The highest BCUT2D eigenvalue weighted by Crippen LogP contribution is 2.30. The molecule has 1 saturated carbocycles. The molecule has 5 nitrogen and oxygen atoms in total. The summed E-state index contributed by atoms with van der Waals surface area (Å²) in [4.78, 5) is 12.8. The predicted octanol–water partition coefficient (Wildman–Crippen LogP) is 5.32. The molecule has 1 aliphatic rings. The molecule has 1 heterocycles. The van der Waals surface area contributed by atoms with Crippen molar-refractivity contribution in [3.8, 4) is 11.5 Å². The van der Waals surface area contributed by atoms with E-state index in [1.165, 1.54) is 12.8 Å². The van der Waals surface area contributed by atoms with Gasteiger partial charge in [0.1, 0.15) is 22.8 Å². The zero-order valence-electron chi connectivity index (χ0n) is 15.6. The van der Waals surface area contributed by atoms with Crippen molar-refractivity contribution in [1.82, 2.24) is 0 Å². The van der Waals surface area contributed by atoms with Crippen LogP contribution in [0.25, 0.3) is 11.0 Å². The van der Waals surface area contributed by atoms with E-state index in [1.54, 1.807) is 14.0 Å². The van der Waals surface area contributed by atoms with Crippen molar-refractivity contribution in [1.29, 1.82) is 0 Å². The summed E-state index contributed by atoms with van der Waals surface area (Å²) in [6.07, 6.45) is 5.03. The van der Waals surface area contributed by atoms with Crippen LogP contribution in [-0.4, -0.2) is 19.1 Å². The average molecular weight is 365 g/mol. The lowest BCUT2D eigenvalue weighted by atomic mass is 10.1. The lowest BCUT2D eigenvalue weighted by molar-refractivity contribution is 0.102. The minimum absolute atomic E-state index is 0.205. The highest BCUT2D eigenvalue weighted by molar-refractivity contribution is 6.13. The zero-order chi connectivity index (χ0) is 18.8. The maximum atomic E-state index is 12.8. The fourth-order valence-electron chi connectivity index (χ4n) is 3.62. The number of hydrogen-bond acceptors (Lipinski definition) is 4. The van der Waals surface area contributed by atoms with Crippen LogP contribution in [0.4, 0.5) is 5.69 Å². The average Bonchev–Trinajstić information content (AvgIpc) is 3.29. The Bertz CT molecular complexity index is 952. The molecule has 0 atom stereocenters. The van der Waals surface area contributed by atoms with Gasteiger partial charge in [-0.15, -0.1) is 0 Å². The first-order chi connectivity index (χ1) is 13.1. The second kappa shape index (κ2) is 7.35. The zero-order valence-corrected chi connectivity index (χ0v) is 15.6. The predicted molar refractivity (Wildman–Crippen MR) is 105 cm³/mol. The molecule has 5 heteroatoms. The summed E-state index contributed by atoms with van der Waals surface area (Å²) in [5, 5.41) is 3.68. The van der Waals surface area contributed by atoms with E-state index in [0.29, 0.717) is 28.8 Å². The lowest BCUT2D eigenvalue weighted by Gasteiger charge is -2.13. The van der Waals surface area contributed by atoms with Crippen molar-refractivity contribution in [3.63, 3.8) is 0 Å². The number of aryl methyl sites for hydroxylation is 1. The summed E-state index contributed by atoms with van der Waals surface area (Å²) in [6, 6.07) is 13.0. The first-order valence-corrected chi connectivity index (χ1v) is 9.29. The van der Waals surface area contributed by atoms with Gasteiger partial charge in [0.2, 0.25) is 0 Å². The third-order valence-electron chi connectivity index (χ3n) is 5.02. The van der Waals surface area contributed by atoms with Crippen LogP contribution in [0.2, 0.25) is 0 Å². The van der Waals surface area contributed by atoms with E-state index >= 15 is 0 Å². The first-order valence-electron chi connectivity index (χ1n) is 9.29. The number of furan rings is 1. The Hall–Kier alpha value is -2.95. The molecule has 140 valence electrons. The second-order valence-electron chi connectivity index (χ2n) is 6.90. The first kappa shape index (κ1) is 17.5. The largest absolute Gasteiger partial charge is 0.497 e. The Morgan fingerprint density at radius 3 is 2.48 bits per heavy atom. The molecule has 4 rings (SSSR count). The molecule has 0 radical (unpaired) electrons. The quantitative estimate of drug-likeness (QED) is 0.664. The Balaban J connectivity index is 1.52. The Labute approximate surface area is 158 Å². The van der Waals surface area contributed by atoms with Crippen LogP contribution in [0.1, 0.15) is 41.8 Å². The monoisotopic (exact) mass is 365 g/mol. The Morgan fingerprint density at radius 1 is 1.07 bits per heavy atom. The van der Waals surface area contributed by atoms with Crippen LogP contribution in [-0.2, 0) is 0 Å². The van der Waals surface area contributed by atoms with Crippen molar-refractivity contribution in [2.24, 2.45) is 0 Å². The molecule has 1 aliphatic carbocycles. The molecule has 2 aromatic carbocycles. The molecular formula is C22H23NO4. The van der Waals surface area contributed by atoms with E-state index in [-0.39, 0.29) is 5.91 Å². The van der Waals surface area contributed by atoms with Crippen molar-refractivity contribution >= 4 is 22.6 Å². The van der Waals surface area contributed by atoms with E-state index < -0.39 is 0 Å². The standard InChI is InChI=1S/C22H23NO4/c1-14-21(19-13-18(25-2)11-12-20(19)26-14)22(24)23-15-7-9-17(10-8-15)27-16-5-3-4-6-16/h7-13,16H,3-6H2,1-2H3,(H,23,24). The number of anilines is 1. The van der Waals surface area contributed by atoms with Crippen LogP contribution < -0.4 is 14.8 Å². The maximum absolute atomic E-state index is 12.8. The number of benzene rings is 2. The SMILES string of the molecule is COc1ccc2oc(C)c(C(=O)Nc3ccc(OC4CCCC4)cc3)c2c1. The number of carbonyl (C=O) groups is 1. The molecule has 0 spiro atoms. The van der Waals surface area contributed by atoms with Crippen LogP contribution in [0, 0.1) is 6.92 Å². The van der Waals surface area contributed by atoms with E-state index in [4.69, 9.17) is 13.9 Å². The van der Waals surface area contributed by atoms with Gasteiger partial charge in [-0.25, -0.2) is 0 Å². The van der Waals surface area contributed by atoms with E-state index in [9.17, 15) is 4.79 Å². The fourth-order valence-corrected chi connectivity index (χ4v) is 3.62. The van der Waals surface area contributed by atoms with E-state index in [0.717, 1.165) is 29.7 Å². The third kappa shape index (κ3) is 3.63. The van der Waals surface area contributed by atoms with Crippen LogP contribution in [0.5, 0.6) is 11.5 Å². The molecule has 27 heavy (non-hydrogen) atoms. The fraction of sp³-hybridized carbons (Fsp3) is 0.318. The number of methoxy groups -OCH3 is 1. The molecule has 3 aromatic rings. The molecule has 1 aromatic heterocycles. The molecule has 1 amide bonds. The summed E-state index contributed by atoms with van der Waals surface area (Å²) in [5.74, 6) is 1.90. The van der Waals surface area contributed by atoms with Gasteiger partial charge in [-0.2, -0.15) is 0 Å². The second-order valence-corrected chi connectivity index (χ2v) is 6.90. The van der Waals surface area contributed by atoms with Crippen molar-refractivity contribution in [2.75, 3.05) is 12.4 Å². The van der Waals surface area contributed by atoms with E-state index in [2.05, 4.69) is 5.32 Å². The van der Waals surface area contributed by atoms with Gasteiger partial charge in [0.25, 0.3) is 5.91 Å². The lowest BCUT2D eigenvalue weighted by Crippen LogP contribution is -2.13. The van der Waals surface area contributed by atoms with Gasteiger partial charge in [-0.3, -0.25) is 4.79 Å². The van der Waals surface area contributed by atoms with Crippen LogP contribution in [0.15, 0.2) is 46.9 Å². The number of fused-ring (bicyclic) bond motifs is 1. The Kier molecular flexibility index (Phi) is 4.75. The van der Waals surface area contributed by atoms with Crippen LogP contribution >= 0.6 is 0 Å². The highest BCUT2D eigenvalue weighted by atomic mass is 16.5. The number of nitrogens with one attached hydrogen (secondary N) is 1. The van der Waals surface area contributed by atoms with Gasteiger partial charge in [-0.1, -0.05) is 0 Å². The minimum Gasteiger partial charge on any atom is -0.497 e. The summed E-state index contributed by atoms with van der Waals surface area (Å²) in [5.41, 5.74) is 1.91. The summed E-state index contributed by atoms with van der Waals surface area (Å²) in [7, 11) is 1.60. The van der Waals surface area contributed by atoms with Crippen molar-refractivity contribution in [2.45, 2.75) is 38.7 Å². The van der Waals surface area contributed by atoms with Crippen molar-refractivity contribution in [3.05, 3.63) is 53.8 Å². The van der Waals surface area contributed by atoms with Crippen LogP contribution in [0.3, 0.4) is 0 Å². The molecular weight excluding hydrogens is 342 g/mol. The number of rotatable bonds is 5. The molecule has 0 saturated heterocycles. The van der Waals surface area contributed by atoms with Gasteiger partial charge in [0.15, 0.2) is 0 Å². The number of hydrogen-bond donors (Lipinski definition) is 1. The molecule has 0 unspecified atom stereocenters. The molecule has 0 aliphatic heterocycles. The Morgan fingerprint density at radius 2 is 1.78 bits per heavy atom. The summed E-state index contributed by atoms with van der Waals surface area (Å²) in [6.45, 7) is 1.79. The third-order valence-corrected chi connectivity index (χ3v) is 5.02. The summed E-state index contributed by atoms with van der Waals surface area (Å²) >= 11 is 0. The smallest absolute Gasteiger partial charge is 0.259 e. The van der Waals surface area contributed by atoms with Gasteiger partial charge in [0, 0.05) is 11.1 Å². The minimum atomic E-state index is -0.205. The maximum Gasteiger partial charge on any atom is 0.259 e. The molecule has 1 N–H and O–H groups in total.